The molecule has 0 aliphatic carbocycles. The summed E-state index contributed by atoms with van der Waals surface area (Å²) >= 11 is 1.10. The van der Waals surface area contributed by atoms with Crippen LogP contribution >= 0.6 is 11.3 Å². The number of nitrogens with one attached hydrogen (secondary N) is 1. The van der Waals surface area contributed by atoms with E-state index < -0.39 is 19.9 Å². The maximum atomic E-state index is 12.1. The molecule has 0 fully saturated rings. The SMILES string of the molecule is CS(=O)(=O)Cc1ccccc1NS(=O)(=O)c1cccs1. The van der Waals surface area contributed by atoms with E-state index in [-0.39, 0.29) is 15.6 Å². The highest BCUT2D eigenvalue weighted by Crippen LogP contribution is 2.23. The average Bonchev–Trinajstić information content (AvgIpc) is 2.83. The third-order valence-corrected chi connectivity index (χ3v) is 6.04. The first-order chi connectivity index (χ1) is 9.28. The van der Waals surface area contributed by atoms with Crippen molar-refractivity contribution in [2.24, 2.45) is 0 Å². The standard InChI is InChI=1S/C12H13NO4S3/c1-19(14,15)9-10-5-2-3-6-11(10)13-20(16,17)12-7-4-8-18-12/h2-8,13H,9H2,1H3. The Morgan fingerprint density at radius 2 is 1.75 bits per heavy atom. The summed E-state index contributed by atoms with van der Waals surface area (Å²) in [4.78, 5) is 0. The number of hydrogen-bond acceptors (Lipinski definition) is 5. The van der Waals surface area contributed by atoms with Crippen molar-refractivity contribution < 1.29 is 16.8 Å². The van der Waals surface area contributed by atoms with Crippen molar-refractivity contribution in [2.75, 3.05) is 11.0 Å². The van der Waals surface area contributed by atoms with Gasteiger partial charge in [-0.25, -0.2) is 16.8 Å². The first kappa shape index (κ1) is 15.0. The third kappa shape index (κ3) is 3.81. The molecule has 2 aromatic rings. The van der Waals surface area contributed by atoms with Gasteiger partial charge in [-0.1, -0.05) is 24.3 Å². The molecule has 20 heavy (non-hydrogen) atoms. The molecule has 0 saturated heterocycles. The second kappa shape index (κ2) is 5.55. The van der Waals surface area contributed by atoms with E-state index in [0.717, 1.165) is 17.6 Å². The van der Waals surface area contributed by atoms with Gasteiger partial charge in [0.05, 0.1) is 11.4 Å². The fourth-order valence-corrected chi connectivity index (χ4v) is 4.55. The first-order valence-corrected chi connectivity index (χ1v) is 10.0. The predicted molar refractivity (Wildman–Crippen MR) is 80.1 cm³/mol. The lowest BCUT2D eigenvalue weighted by Gasteiger charge is -2.11. The Hall–Kier alpha value is -1.38. The van der Waals surface area contributed by atoms with Gasteiger partial charge in [-0.3, -0.25) is 4.72 Å². The van der Waals surface area contributed by atoms with Gasteiger partial charge in [0, 0.05) is 6.26 Å². The van der Waals surface area contributed by atoms with E-state index >= 15 is 0 Å². The van der Waals surface area contributed by atoms with E-state index in [4.69, 9.17) is 0 Å². The number of rotatable bonds is 5. The molecule has 108 valence electrons. The van der Waals surface area contributed by atoms with E-state index in [2.05, 4.69) is 4.72 Å². The molecule has 0 saturated carbocycles. The summed E-state index contributed by atoms with van der Waals surface area (Å²) < 4.78 is 49.6. The van der Waals surface area contributed by atoms with Gasteiger partial charge < -0.3 is 0 Å². The highest BCUT2D eigenvalue weighted by atomic mass is 32.2. The van der Waals surface area contributed by atoms with Crippen molar-refractivity contribution in [3.63, 3.8) is 0 Å². The van der Waals surface area contributed by atoms with Crippen LogP contribution in [0.25, 0.3) is 0 Å². The Labute approximate surface area is 122 Å². The number of benzene rings is 1. The summed E-state index contributed by atoms with van der Waals surface area (Å²) in [5.41, 5.74) is 0.710. The Morgan fingerprint density at radius 1 is 1.05 bits per heavy atom. The fourth-order valence-electron chi connectivity index (χ4n) is 1.64. The van der Waals surface area contributed by atoms with Crippen LogP contribution in [-0.4, -0.2) is 23.1 Å². The second-order valence-electron chi connectivity index (χ2n) is 4.26. The third-order valence-electron chi connectivity index (χ3n) is 2.44. The lowest BCUT2D eigenvalue weighted by atomic mass is 10.2. The topological polar surface area (TPSA) is 80.3 Å². The smallest absolute Gasteiger partial charge is 0.271 e. The van der Waals surface area contributed by atoms with Crippen LogP contribution in [0.3, 0.4) is 0 Å². The molecule has 0 radical (unpaired) electrons. The van der Waals surface area contributed by atoms with Crippen molar-refractivity contribution in [3.05, 3.63) is 47.3 Å². The molecular weight excluding hydrogens is 318 g/mol. The van der Waals surface area contributed by atoms with Crippen LogP contribution in [0.5, 0.6) is 0 Å². The van der Waals surface area contributed by atoms with E-state index in [0.29, 0.717) is 5.56 Å². The summed E-state index contributed by atoms with van der Waals surface area (Å²) in [6.45, 7) is 0. The second-order valence-corrected chi connectivity index (χ2v) is 9.26. The summed E-state index contributed by atoms with van der Waals surface area (Å²) in [5.74, 6) is -0.212. The van der Waals surface area contributed by atoms with Crippen LogP contribution in [0.15, 0.2) is 46.0 Å². The van der Waals surface area contributed by atoms with Gasteiger partial charge in [0.1, 0.15) is 4.21 Å². The van der Waals surface area contributed by atoms with Crippen molar-refractivity contribution in [2.45, 2.75) is 9.96 Å². The summed E-state index contributed by atoms with van der Waals surface area (Å²) in [7, 11) is -6.92. The zero-order valence-corrected chi connectivity index (χ0v) is 13.1. The Balaban J connectivity index is 2.35. The minimum atomic E-state index is -3.67. The first-order valence-electron chi connectivity index (χ1n) is 5.60. The van der Waals surface area contributed by atoms with E-state index in [1.807, 2.05) is 0 Å². The quantitative estimate of drug-likeness (QED) is 0.910. The zero-order valence-electron chi connectivity index (χ0n) is 10.6. The number of thiophene rings is 1. The number of sulfone groups is 1. The minimum Gasteiger partial charge on any atom is -0.279 e. The monoisotopic (exact) mass is 331 g/mol. The summed E-state index contributed by atoms with van der Waals surface area (Å²) in [5, 5.41) is 1.66. The van der Waals surface area contributed by atoms with Crippen molar-refractivity contribution >= 4 is 36.9 Å². The van der Waals surface area contributed by atoms with E-state index in [1.165, 1.54) is 6.07 Å². The lowest BCUT2D eigenvalue weighted by molar-refractivity contribution is 0.599. The number of para-hydroxylation sites is 1. The van der Waals surface area contributed by atoms with Crippen LogP contribution in [-0.2, 0) is 25.6 Å². The molecule has 8 heteroatoms. The van der Waals surface area contributed by atoms with Crippen molar-refractivity contribution in [1.82, 2.24) is 0 Å². The maximum Gasteiger partial charge on any atom is 0.271 e. The molecule has 1 aromatic carbocycles. The van der Waals surface area contributed by atoms with Gasteiger partial charge in [-0.2, -0.15) is 0 Å². The number of sulfonamides is 1. The molecule has 0 bridgehead atoms. The maximum absolute atomic E-state index is 12.1. The van der Waals surface area contributed by atoms with Gasteiger partial charge in [-0.05, 0) is 23.1 Å². The highest BCUT2D eigenvalue weighted by molar-refractivity contribution is 7.94. The normalized spacial score (nSPS) is 12.2. The molecule has 1 heterocycles. The van der Waals surface area contributed by atoms with Gasteiger partial charge in [-0.15, -0.1) is 11.3 Å². The van der Waals surface area contributed by atoms with Crippen LogP contribution in [0, 0.1) is 0 Å². The fraction of sp³-hybridized carbons (Fsp3) is 0.167. The van der Waals surface area contributed by atoms with Crippen LogP contribution < -0.4 is 4.72 Å². The minimum absolute atomic E-state index is 0.187. The zero-order chi connectivity index (χ0) is 14.8. The summed E-state index contributed by atoms with van der Waals surface area (Å²) in [6, 6.07) is 9.59. The molecule has 0 aliphatic heterocycles. The molecule has 5 nitrogen and oxygen atoms in total. The molecule has 0 unspecified atom stereocenters. The largest absolute Gasteiger partial charge is 0.279 e. The number of anilines is 1. The van der Waals surface area contributed by atoms with Gasteiger partial charge >= 0.3 is 0 Å². The average molecular weight is 331 g/mol. The van der Waals surface area contributed by atoms with Crippen molar-refractivity contribution in [1.29, 1.82) is 0 Å². The predicted octanol–water partition coefficient (Wildman–Crippen LogP) is 2.09. The van der Waals surface area contributed by atoms with Crippen molar-refractivity contribution in [3.8, 4) is 0 Å². The van der Waals surface area contributed by atoms with Gasteiger partial charge in [0.2, 0.25) is 0 Å². The van der Waals surface area contributed by atoms with Gasteiger partial charge in [0.25, 0.3) is 10.0 Å². The van der Waals surface area contributed by atoms with E-state index in [9.17, 15) is 16.8 Å². The van der Waals surface area contributed by atoms with Gasteiger partial charge in [0.15, 0.2) is 9.84 Å². The number of hydrogen-bond donors (Lipinski definition) is 1. The summed E-state index contributed by atoms with van der Waals surface area (Å²) in [6.07, 6.45) is 1.11. The Morgan fingerprint density at radius 3 is 2.35 bits per heavy atom. The molecule has 0 amide bonds. The van der Waals surface area contributed by atoms with Crippen LogP contribution in [0.2, 0.25) is 0 Å². The Kier molecular flexibility index (Phi) is 4.17. The highest BCUT2D eigenvalue weighted by Gasteiger charge is 2.18. The molecular formula is C12H13NO4S3. The molecule has 1 aromatic heterocycles. The lowest BCUT2D eigenvalue weighted by Crippen LogP contribution is -2.14. The van der Waals surface area contributed by atoms with E-state index in [1.54, 1.807) is 35.7 Å². The Bertz CT molecular complexity index is 793. The molecule has 2 rings (SSSR count). The molecule has 1 N–H and O–H groups in total. The molecule has 0 atom stereocenters. The van der Waals surface area contributed by atoms with Crippen LogP contribution in [0.1, 0.15) is 5.56 Å². The van der Waals surface area contributed by atoms with Crippen LogP contribution in [0.4, 0.5) is 5.69 Å². The molecule has 0 aliphatic rings. The molecule has 0 spiro atoms.